The molecule has 8 heteroatoms. The first-order chi connectivity index (χ1) is 15.2. The van der Waals surface area contributed by atoms with Crippen molar-refractivity contribution in [1.82, 2.24) is 24.8 Å². The number of hydrogen-bond acceptors (Lipinski definition) is 7. The van der Waals surface area contributed by atoms with Gasteiger partial charge >= 0.3 is 0 Å². The van der Waals surface area contributed by atoms with Crippen molar-refractivity contribution in [3.63, 3.8) is 0 Å². The van der Waals surface area contributed by atoms with Crippen LogP contribution in [0.5, 0.6) is 5.75 Å². The number of H-pyrrole nitrogens is 1. The second-order valence-electron chi connectivity index (χ2n) is 7.40. The van der Waals surface area contributed by atoms with Gasteiger partial charge in [0, 0.05) is 60.6 Å². The Hall–Kier alpha value is -3.36. The molecular formula is C23H21N5O2S. The number of pyridine rings is 1. The van der Waals surface area contributed by atoms with Crippen LogP contribution < -0.4 is 10.3 Å². The molecule has 0 saturated carbocycles. The summed E-state index contributed by atoms with van der Waals surface area (Å²) in [6, 6.07) is 11.6. The molecule has 0 fully saturated rings. The zero-order valence-corrected chi connectivity index (χ0v) is 17.9. The van der Waals surface area contributed by atoms with Gasteiger partial charge in [0.2, 0.25) is 0 Å². The molecule has 0 aliphatic carbocycles. The number of methoxy groups -OCH3 is 1. The third-order valence-electron chi connectivity index (χ3n) is 5.37. The van der Waals surface area contributed by atoms with Crippen LogP contribution in [0.1, 0.15) is 16.1 Å². The number of hydrogen-bond donors (Lipinski definition) is 1. The van der Waals surface area contributed by atoms with Crippen molar-refractivity contribution in [2.45, 2.75) is 19.5 Å². The van der Waals surface area contributed by atoms with E-state index < -0.39 is 0 Å². The van der Waals surface area contributed by atoms with Crippen molar-refractivity contribution in [1.29, 1.82) is 0 Å². The van der Waals surface area contributed by atoms with E-state index in [4.69, 9.17) is 9.72 Å². The highest BCUT2D eigenvalue weighted by molar-refractivity contribution is 7.15. The highest BCUT2D eigenvalue weighted by Crippen LogP contribution is 2.28. The van der Waals surface area contributed by atoms with E-state index in [9.17, 15) is 4.79 Å². The van der Waals surface area contributed by atoms with Gasteiger partial charge in [-0.05, 0) is 36.4 Å². The van der Waals surface area contributed by atoms with Gasteiger partial charge in [-0.1, -0.05) is 0 Å². The van der Waals surface area contributed by atoms with E-state index in [1.807, 2.05) is 42.6 Å². The van der Waals surface area contributed by atoms with Gasteiger partial charge < -0.3 is 9.72 Å². The molecule has 4 aromatic rings. The monoisotopic (exact) mass is 431 g/mol. The Morgan fingerprint density at radius 2 is 1.94 bits per heavy atom. The Labute approximate surface area is 183 Å². The second-order valence-corrected chi connectivity index (χ2v) is 8.51. The Morgan fingerprint density at radius 1 is 1.13 bits per heavy atom. The highest BCUT2D eigenvalue weighted by Gasteiger charge is 2.22. The summed E-state index contributed by atoms with van der Waals surface area (Å²) >= 11 is 1.68. The zero-order valence-electron chi connectivity index (χ0n) is 17.0. The van der Waals surface area contributed by atoms with E-state index in [2.05, 4.69) is 19.9 Å². The van der Waals surface area contributed by atoms with Gasteiger partial charge in [-0.25, -0.2) is 9.97 Å². The smallest absolute Gasteiger partial charge is 0.255 e. The Balaban J connectivity index is 1.31. The van der Waals surface area contributed by atoms with Crippen molar-refractivity contribution in [2.75, 3.05) is 13.7 Å². The molecule has 0 radical (unpaired) electrons. The Bertz CT molecular complexity index is 1250. The molecule has 0 spiro atoms. The summed E-state index contributed by atoms with van der Waals surface area (Å²) in [6.45, 7) is 2.21. The van der Waals surface area contributed by atoms with Crippen molar-refractivity contribution >= 4 is 11.3 Å². The van der Waals surface area contributed by atoms with Crippen LogP contribution in [-0.2, 0) is 19.5 Å². The van der Waals surface area contributed by atoms with Crippen LogP contribution in [-0.4, -0.2) is 38.5 Å². The van der Waals surface area contributed by atoms with E-state index in [1.165, 1.54) is 4.88 Å². The molecule has 31 heavy (non-hydrogen) atoms. The maximum Gasteiger partial charge on any atom is 0.255 e. The van der Waals surface area contributed by atoms with Gasteiger partial charge in [0.15, 0.2) is 0 Å². The van der Waals surface area contributed by atoms with Crippen molar-refractivity contribution in [2.24, 2.45) is 0 Å². The number of ether oxygens (including phenoxy) is 1. The molecule has 156 valence electrons. The highest BCUT2D eigenvalue weighted by atomic mass is 32.1. The van der Waals surface area contributed by atoms with Crippen molar-refractivity contribution in [3.8, 4) is 27.7 Å². The zero-order chi connectivity index (χ0) is 21.2. The number of nitrogens with one attached hydrogen (secondary N) is 1. The summed E-state index contributed by atoms with van der Waals surface area (Å²) in [7, 11) is 1.66. The fourth-order valence-corrected chi connectivity index (χ4v) is 4.69. The largest absolute Gasteiger partial charge is 0.497 e. The Morgan fingerprint density at radius 3 is 2.71 bits per heavy atom. The van der Waals surface area contributed by atoms with Gasteiger partial charge in [-0.2, -0.15) is 0 Å². The molecule has 0 unspecified atom stereocenters. The summed E-state index contributed by atoms with van der Waals surface area (Å²) in [5.74, 6) is 1.43. The lowest BCUT2D eigenvalue weighted by Gasteiger charge is -2.27. The predicted molar refractivity (Wildman–Crippen MR) is 120 cm³/mol. The third-order valence-corrected chi connectivity index (χ3v) is 6.40. The molecule has 4 heterocycles. The summed E-state index contributed by atoms with van der Waals surface area (Å²) < 4.78 is 5.22. The summed E-state index contributed by atoms with van der Waals surface area (Å²) in [6.07, 6.45) is 6.08. The fraction of sp³-hybridized carbons (Fsp3) is 0.217. The van der Waals surface area contributed by atoms with Gasteiger partial charge in [0.1, 0.15) is 16.6 Å². The van der Waals surface area contributed by atoms with Crippen LogP contribution >= 0.6 is 11.3 Å². The van der Waals surface area contributed by atoms with Crippen molar-refractivity contribution in [3.05, 3.63) is 81.5 Å². The molecule has 1 N–H and O–H groups in total. The van der Waals surface area contributed by atoms with E-state index >= 15 is 0 Å². The standard InChI is InChI=1S/C23H21N5O2S/c1-30-17-4-2-16(3-5-17)23-25-12-18(31-23)13-28-11-8-20-19(14-28)22(29)27-21(26-20)15-6-9-24-10-7-15/h2-7,9-10,12H,8,11,13-14H2,1H3,(H,26,27,29). The molecule has 1 aromatic carbocycles. The molecular weight excluding hydrogens is 410 g/mol. The average Bonchev–Trinajstić information content (AvgIpc) is 3.28. The topological polar surface area (TPSA) is 84.0 Å². The number of fused-ring (bicyclic) bond motifs is 1. The van der Waals surface area contributed by atoms with Crippen LogP contribution in [0.2, 0.25) is 0 Å². The van der Waals surface area contributed by atoms with E-state index in [-0.39, 0.29) is 5.56 Å². The van der Waals surface area contributed by atoms with Crippen LogP contribution in [0.25, 0.3) is 22.0 Å². The SMILES string of the molecule is COc1ccc(-c2ncc(CN3CCc4nc(-c5ccncc5)[nH]c(=O)c4C3)s2)cc1. The first-order valence-corrected chi connectivity index (χ1v) is 10.9. The molecule has 3 aromatic heterocycles. The predicted octanol–water partition coefficient (Wildman–Crippen LogP) is 3.52. The van der Waals surface area contributed by atoms with Gasteiger partial charge in [-0.15, -0.1) is 11.3 Å². The number of aromatic amines is 1. The van der Waals surface area contributed by atoms with Crippen LogP contribution in [0, 0.1) is 0 Å². The normalized spacial score (nSPS) is 13.7. The number of thiazole rings is 1. The minimum atomic E-state index is -0.0651. The maximum absolute atomic E-state index is 12.7. The summed E-state index contributed by atoms with van der Waals surface area (Å²) in [4.78, 5) is 32.4. The quantitative estimate of drug-likeness (QED) is 0.521. The molecule has 0 bridgehead atoms. The van der Waals surface area contributed by atoms with E-state index in [0.717, 1.165) is 52.7 Å². The minimum Gasteiger partial charge on any atom is -0.497 e. The van der Waals surface area contributed by atoms with Gasteiger partial charge in [0.05, 0.1) is 18.4 Å². The van der Waals surface area contributed by atoms with Crippen LogP contribution in [0.3, 0.4) is 0 Å². The minimum absolute atomic E-state index is 0.0651. The number of aromatic nitrogens is 4. The fourth-order valence-electron chi connectivity index (χ4n) is 3.73. The van der Waals surface area contributed by atoms with Crippen LogP contribution in [0.15, 0.2) is 59.8 Å². The molecule has 0 atom stereocenters. The van der Waals surface area contributed by atoms with E-state index in [1.54, 1.807) is 30.8 Å². The summed E-state index contributed by atoms with van der Waals surface area (Å²) in [5, 5.41) is 0.983. The van der Waals surface area contributed by atoms with Gasteiger partial charge in [-0.3, -0.25) is 14.7 Å². The van der Waals surface area contributed by atoms with Crippen LogP contribution in [0.4, 0.5) is 0 Å². The molecule has 1 aliphatic rings. The first-order valence-electron chi connectivity index (χ1n) is 10.0. The number of rotatable bonds is 5. The Kier molecular flexibility index (Phi) is 5.31. The molecule has 5 rings (SSSR count). The maximum atomic E-state index is 12.7. The lowest BCUT2D eigenvalue weighted by atomic mass is 10.1. The molecule has 0 amide bonds. The third kappa shape index (κ3) is 4.12. The van der Waals surface area contributed by atoms with Crippen molar-refractivity contribution < 1.29 is 4.74 Å². The average molecular weight is 432 g/mol. The number of benzene rings is 1. The lowest BCUT2D eigenvalue weighted by molar-refractivity contribution is 0.244. The summed E-state index contributed by atoms with van der Waals surface area (Å²) in [5.41, 5.74) is 3.52. The second kappa shape index (κ2) is 8.41. The molecule has 1 aliphatic heterocycles. The number of nitrogens with zero attached hydrogens (tertiary/aromatic N) is 4. The molecule has 7 nitrogen and oxygen atoms in total. The van der Waals surface area contributed by atoms with Gasteiger partial charge in [0.25, 0.3) is 5.56 Å². The first kappa shape index (κ1) is 19.6. The molecule has 0 saturated heterocycles. The lowest BCUT2D eigenvalue weighted by Crippen LogP contribution is -2.35. The van der Waals surface area contributed by atoms with E-state index in [0.29, 0.717) is 12.4 Å².